The van der Waals surface area contributed by atoms with Crippen LogP contribution in [0.5, 0.6) is 0 Å². The molecule has 0 unspecified atom stereocenters. The summed E-state index contributed by atoms with van der Waals surface area (Å²) in [5.41, 5.74) is 1.17. The Morgan fingerprint density at radius 2 is 2.05 bits per heavy atom. The van der Waals surface area contributed by atoms with E-state index in [4.69, 9.17) is 10.00 Å². The molecular weight excluding hydrogens is 264 g/mol. The minimum absolute atomic E-state index is 0.227. The highest BCUT2D eigenvalue weighted by molar-refractivity contribution is 7.16. The van der Waals surface area contributed by atoms with Crippen molar-refractivity contribution in [2.45, 2.75) is 40.2 Å². The Labute approximate surface area is 116 Å². The second-order valence-corrected chi connectivity index (χ2v) is 5.55. The highest BCUT2D eigenvalue weighted by Crippen LogP contribution is 2.33. The fraction of sp³-hybridized carbons (Fsp3) is 0.462. The summed E-state index contributed by atoms with van der Waals surface area (Å²) in [5, 5.41) is 11.5. The van der Waals surface area contributed by atoms with Crippen molar-refractivity contribution in [2.24, 2.45) is 0 Å². The van der Waals surface area contributed by atoms with E-state index in [0.717, 1.165) is 10.4 Å². The molecule has 1 aromatic rings. The second kappa shape index (κ2) is 6.34. The fourth-order valence-electron chi connectivity index (χ4n) is 1.48. The van der Waals surface area contributed by atoms with Crippen LogP contribution in [0.3, 0.4) is 0 Å². The summed E-state index contributed by atoms with van der Waals surface area (Å²) in [6, 6.07) is 1.77. The number of esters is 1. The monoisotopic (exact) mass is 280 g/mol. The molecule has 0 fully saturated rings. The van der Waals surface area contributed by atoms with Crippen molar-refractivity contribution in [1.29, 1.82) is 5.26 Å². The Kier molecular flexibility index (Phi) is 5.07. The summed E-state index contributed by atoms with van der Waals surface area (Å²) >= 11 is 1.31. The van der Waals surface area contributed by atoms with Crippen molar-refractivity contribution in [1.82, 2.24) is 0 Å². The van der Waals surface area contributed by atoms with E-state index >= 15 is 0 Å². The Balaban J connectivity index is 3.05. The van der Waals surface area contributed by atoms with Gasteiger partial charge < -0.3 is 10.1 Å². The van der Waals surface area contributed by atoms with Crippen molar-refractivity contribution < 1.29 is 14.3 Å². The molecule has 1 aromatic heterocycles. The zero-order chi connectivity index (χ0) is 14.6. The molecule has 1 amide bonds. The van der Waals surface area contributed by atoms with E-state index in [9.17, 15) is 9.59 Å². The number of carbonyl (C=O) groups excluding carboxylic acids is 2. The minimum atomic E-state index is -0.455. The lowest BCUT2D eigenvalue weighted by Gasteiger charge is -2.09. The summed E-state index contributed by atoms with van der Waals surface area (Å²) in [6.45, 7) is 7.20. The van der Waals surface area contributed by atoms with Gasteiger partial charge in [-0.15, -0.1) is 11.3 Å². The first-order chi connectivity index (χ1) is 8.86. The summed E-state index contributed by atoms with van der Waals surface area (Å²) in [7, 11) is 0. The number of ether oxygens (including phenoxy) is 1. The number of amides is 1. The maximum Gasteiger partial charge on any atom is 0.341 e. The first-order valence-corrected chi connectivity index (χ1v) is 6.66. The van der Waals surface area contributed by atoms with Gasteiger partial charge in [0.15, 0.2) is 0 Å². The Bertz CT molecular complexity index is 541. The van der Waals surface area contributed by atoms with Crippen LogP contribution in [0.25, 0.3) is 0 Å². The summed E-state index contributed by atoms with van der Waals surface area (Å²) < 4.78 is 5.16. The maximum absolute atomic E-state index is 12.0. The van der Waals surface area contributed by atoms with E-state index in [2.05, 4.69) is 5.32 Å². The van der Waals surface area contributed by atoms with E-state index in [1.165, 1.54) is 11.3 Å². The number of rotatable bonds is 4. The van der Waals surface area contributed by atoms with Gasteiger partial charge in [-0.25, -0.2) is 4.79 Å². The van der Waals surface area contributed by atoms with Crippen LogP contribution in [0.15, 0.2) is 0 Å². The van der Waals surface area contributed by atoms with Crippen molar-refractivity contribution in [3.8, 4) is 6.07 Å². The molecule has 0 aromatic carbocycles. The molecule has 0 aliphatic heterocycles. The molecule has 1 heterocycles. The van der Waals surface area contributed by atoms with Crippen LogP contribution in [0.4, 0.5) is 5.00 Å². The van der Waals surface area contributed by atoms with E-state index < -0.39 is 11.9 Å². The van der Waals surface area contributed by atoms with Crippen LogP contribution in [0.2, 0.25) is 0 Å². The molecule has 0 saturated carbocycles. The first-order valence-electron chi connectivity index (χ1n) is 5.84. The fourth-order valence-corrected chi connectivity index (χ4v) is 2.54. The number of hydrogen-bond acceptors (Lipinski definition) is 5. The summed E-state index contributed by atoms with van der Waals surface area (Å²) in [6.07, 6.45) is -0.468. The Hall–Kier alpha value is -1.87. The SMILES string of the molecule is Cc1sc(NC(=O)CC#N)c(C(=O)OC(C)C)c1C. The summed E-state index contributed by atoms with van der Waals surface area (Å²) in [4.78, 5) is 24.4. The van der Waals surface area contributed by atoms with Gasteiger partial charge in [0.1, 0.15) is 11.4 Å². The smallest absolute Gasteiger partial charge is 0.341 e. The molecule has 1 rings (SSSR count). The first kappa shape index (κ1) is 15.2. The highest BCUT2D eigenvalue weighted by atomic mass is 32.1. The third-order valence-corrected chi connectivity index (χ3v) is 3.55. The van der Waals surface area contributed by atoms with Gasteiger partial charge in [-0.2, -0.15) is 5.26 Å². The van der Waals surface area contributed by atoms with E-state index in [1.807, 2.05) is 13.8 Å². The zero-order valence-corrected chi connectivity index (χ0v) is 12.2. The van der Waals surface area contributed by atoms with Gasteiger partial charge in [0.2, 0.25) is 5.91 Å². The highest BCUT2D eigenvalue weighted by Gasteiger charge is 2.22. The van der Waals surface area contributed by atoms with Crippen molar-refractivity contribution >= 4 is 28.2 Å². The molecule has 1 N–H and O–H groups in total. The number of thiophene rings is 1. The predicted octanol–water partition coefficient (Wildman–Crippen LogP) is 2.78. The van der Waals surface area contributed by atoms with Crippen molar-refractivity contribution in [3.63, 3.8) is 0 Å². The van der Waals surface area contributed by atoms with Crippen LogP contribution < -0.4 is 5.32 Å². The average Bonchev–Trinajstić information content (AvgIpc) is 2.53. The molecule has 6 heteroatoms. The number of hydrogen-bond donors (Lipinski definition) is 1. The molecule has 0 radical (unpaired) electrons. The van der Waals surface area contributed by atoms with Gasteiger partial charge >= 0.3 is 5.97 Å². The molecule has 0 spiro atoms. The van der Waals surface area contributed by atoms with Crippen molar-refractivity contribution in [2.75, 3.05) is 5.32 Å². The third-order valence-electron chi connectivity index (χ3n) is 2.42. The van der Waals surface area contributed by atoms with E-state index in [1.54, 1.807) is 19.9 Å². The lowest BCUT2D eigenvalue weighted by molar-refractivity contribution is -0.115. The number of nitrogens with zero attached hydrogens (tertiary/aromatic N) is 1. The number of nitriles is 1. The second-order valence-electron chi connectivity index (χ2n) is 4.32. The van der Waals surface area contributed by atoms with Crippen LogP contribution >= 0.6 is 11.3 Å². The van der Waals surface area contributed by atoms with Gasteiger partial charge in [-0.05, 0) is 33.3 Å². The Morgan fingerprint density at radius 3 is 2.58 bits per heavy atom. The van der Waals surface area contributed by atoms with Gasteiger partial charge in [0.25, 0.3) is 0 Å². The van der Waals surface area contributed by atoms with Crippen LogP contribution in [0, 0.1) is 25.2 Å². The largest absolute Gasteiger partial charge is 0.459 e. The van der Waals surface area contributed by atoms with Gasteiger partial charge in [0, 0.05) is 4.88 Å². The maximum atomic E-state index is 12.0. The van der Waals surface area contributed by atoms with Crippen LogP contribution in [0.1, 0.15) is 41.1 Å². The topological polar surface area (TPSA) is 79.2 Å². The normalized spacial score (nSPS) is 10.1. The molecular formula is C13H16N2O3S. The molecule has 0 aliphatic carbocycles. The van der Waals surface area contributed by atoms with Crippen molar-refractivity contribution in [3.05, 3.63) is 16.0 Å². The van der Waals surface area contributed by atoms with Gasteiger partial charge in [0.05, 0.1) is 17.7 Å². The molecule has 102 valence electrons. The average molecular weight is 280 g/mol. The lowest BCUT2D eigenvalue weighted by atomic mass is 10.1. The van der Waals surface area contributed by atoms with Crippen LogP contribution in [-0.2, 0) is 9.53 Å². The number of carbonyl (C=O) groups is 2. The molecule has 5 nitrogen and oxygen atoms in total. The standard InChI is InChI=1S/C13H16N2O3S/c1-7(2)18-13(17)11-8(3)9(4)19-12(11)15-10(16)5-6-14/h7H,5H2,1-4H3,(H,15,16). The Morgan fingerprint density at radius 1 is 1.42 bits per heavy atom. The zero-order valence-electron chi connectivity index (χ0n) is 11.4. The summed E-state index contributed by atoms with van der Waals surface area (Å²) in [5.74, 6) is -0.883. The predicted molar refractivity (Wildman–Crippen MR) is 73.2 cm³/mol. The minimum Gasteiger partial charge on any atom is -0.459 e. The molecule has 0 saturated heterocycles. The third kappa shape index (κ3) is 3.80. The van der Waals surface area contributed by atoms with Gasteiger partial charge in [-0.3, -0.25) is 4.79 Å². The van der Waals surface area contributed by atoms with Gasteiger partial charge in [-0.1, -0.05) is 0 Å². The van der Waals surface area contributed by atoms with E-state index in [-0.39, 0.29) is 12.5 Å². The number of nitrogens with one attached hydrogen (secondary N) is 1. The van der Waals surface area contributed by atoms with E-state index in [0.29, 0.717) is 10.6 Å². The molecule has 19 heavy (non-hydrogen) atoms. The quantitative estimate of drug-likeness (QED) is 0.860. The van der Waals surface area contributed by atoms with Crippen LogP contribution in [-0.4, -0.2) is 18.0 Å². The number of aryl methyl sites for hydroxylation is 1. The lowest BCUT2D eigenvalue weighted by Crippen LogP contribution is -2.16. The molecule has 0 aliphatic rings. The molecule has 0 bridgehead atoms. The number of anilines is 1. The molecule has 0 atom stereocenters.